The summed E-state index contributed by atoms with van der Waals surface area (Å²) in [6.45, 7) is 0. The van der Waals surface area contributed by atoms with Crippen LogP contribution in [-0.2, 0) is 4.79 Å². The number of nitrogens with one attached hydrogen (secondary N) is 1. The molecule has 0 radical (unpaired) electrons. The Balaban J connectivity index is 2.36. The summed E-state index contributed by atoms with van der Waals surface area (Å²) in [4.78, 5) is 22.3. The minimum Gasteiger partial charge on any atom is -0.493 e. The van der Waals surface area contributed by atoms with Gasteiger partial charge in [0.1, 0.15) is 6.04 Å². The third-order valence-corrected chi connectivity index (χ3v) is 3.41. The van der Waals surface area contributed by atoms with Gasteiger partial charge in [-0.25, -0.2) is 0 Å². The van der Waals surface area contributed by atoms with Crippen LogP contribution in [0.5, 0.6) is 11.5 Å². The number of amides is 1. The fourth-order valence-corrected chi connectivity index (χ4v) is 2.37. The highest BCUT2D eigenvalue weighted by Crippen LogP contribution is 2.33. The van der Waals surface area contributed by atoms with Crippen LogP contribution < -0.4 is 14.8 Å². The number of piperidine rings is 1. The summed E-state index contributed by atoms with van der Waals surface area (Å²) in [5.74, 6) is 0.839. The van der Waals surface area contributed by atoms with Crippen LogP contribution in [0.2, 0.25) is 0 Å². The molecule has 1 heterocycles. The molecule has 2 atom stereocenters. The van der Waals surface area contributed by atoms with E-state index in [2.05, 4.69) is 5.32 Å². The van der Waals surface area contributed by atoms with Gasteiger partial charge in [-0.2, -0.15) is 0 Å². The van der Waals surface area contributed by atoms with Crippen molar-refractivity contribution in [2.45, 2.75) is 24.9 Å². The van der Waals surface area contributed by atoms with Crippen molar-refractivity contribution in [3.8, 4) is 11.5 Å². The zero-order valence-electron chi connectivity index (χ0n) is 11.3. The molecule has 1 aromatic rings. The van der Waals surface area contributed by atoms with Gasteiger partial charge in [0.2, 0.25) is 11.9 Å². The average Bonchev–Trinajstić information content (AvgIpc) is 2.46. The lowest BCUT2D eigenvalue weighted by atomic mass is 9.92. The third kappa shape index (κ3) is 2.66. The number of nitrogens with zero attached hydrogens (tertiary/aromatic N) is 1. The van der Waals surface area contributed by atoms with E-state index in [1.807, 2.05) is 0 Å². The highest BCUT2D eigenvalue weighted by molar-refractivity contribution is 5.77. The van der Waals surface area contributed by atoms with E-state index in [9.17, 15) is 14.9 Å². The quantitative estimate of drug-likeness (QED) is 0.663. The van der Waals surface area contributed by atoms with Crippen molar-refractivity contribution in [2.24, 2.45) is 0 Å². The summed E-state index contributed by atoms with van der Waals surface area (Å²) in [5.41, 5.74) is 0.636. The highest BCUT2D eigenvalue weighted by Gasteiger charge is 2.38. The average molecular weight is 280 g/mol. The zero-order chi connectivity index (χ0) is 14.7. The summed E-state index contributed by atoms with van der Waals surface area (Å²) in [6.07, 6.45) is 0.410. The summed E-state index contributed by atoms with van der Waals surface area (Å²) < 4.78 is 10.3. The van der Waals surface area contributed by atoms with Gasteiger partial charge < -0.3 is 14.8 Å². The second-order valence-electron chi connectivity index (χ2n) is 4.55. The SMILES string of the molecule is COc1ccc([C@H]2NC(=O)CC[C@@H]2[N+](=O)[O-])cc1OC. The molecule has 2 rings (SSSR count). The minimum absolute atomic E-state index is 0.176. The fraction of sp³-hybridized carbons (Fsp3) is 0.462. The van der Waals surface area contributed by atoms with E-state index >= 15 is 0 Å². The topological polar surface area (TPSA) is 90.7 Å². The van der Waals surface area contributed by atoms with Gasteiger partial charge in [-0.05, 0) is 17.7 Å². The predicted molar refractivity (Wildman–Crippen MR) is 70.4 cm³/mol. The Morgan fingerprint density at radius 2 is 2.00 bits per heavy atom. The summed E-state index contributed by atoms with van der Waals surface area (Å²) >= 11 is 0. The van der Waals surface area contributed by atoms with Crippen LogP contribution in [0, 0.1) is 10.1 Å². The molecule has 0 saturated carbocycles. The van der Waals surface area contributed by atoms with Crippen molar-refractivity contribution in [2.75, 3.05) is 14.2 Å². The van der Waals surface area contributed by atoms with Crippen molar-refractivity contribution >= 4 is 5.91 Å². The molecule has 1 N–H and O–H groups in total. The monoisotopic (exact) mass is 280 g/mol. The molecule has 1 aromatic carbocycles. The van der Waals surface area contributed by atoms with Crippen molar-refractivity contribution in [1.29, 1.82) is 0 Å². The van der Waals surface area contributed by atoms with Gasteiger partial charge in [-0.1, -0.05) is 6.07 Å². The van der Waals surface area contributed by atoms with E-state index in [1.54, 1.807) is 18.2 Å². The molecule has 20 heavy (non-hydrogen) atoms. The van der Waals surface area contributed by atoms with Crippen molar-refractivity contribution in [3.63, 3.8) is 0 Å². The Morgan fingerprint density at radius 1 is 1.30 bits per heavy atom. The molecule has 7 heteroatoms. The van der Waals surface area contributed by atoms with Crippen molar-refractivity contribution in [3.05, 3.63) is 33.9 Å². The standard InChI is InChI=1S/C13H16N2O5/c1-19-10-5-3-8(7-11(10)20-2)13-9(15(17)18)4-6-12(16)14-13/h3,5,7,9,13H,4,6H2,1-2H3,(H,14,16)/t9-,13+/m0/s1. The minimum atomic E-state index is -0.828. The highest BCUT2D eigenvalue weighted by atomic mass is 16.6. The molecule has 108 valence electrons. The molecule has 0 spiro atoms. The molecule has 7 nitrogen and oxygen atoms in total. The van der Waals surface area contributed by atoms with Gasteiger partial charge in [0, 0.05) is 17.8 Å². The van der Waals surface area contributed by atoms with Crippen LogP contribution in [0.3, 0.4) is 0 Å². The van der Waals surface area contributed by atoms with E-state index in [1.165, 1.54) is 14.2 Å². The second kappa shape index (κ2) is 5.77. The molecule has 1 aliphatic rings. The van der Waals surface area contributed by atoms with E-state index in [4.69, 9.17) is 9.47 Å². The van der Waals surface area contributed by atoms with Gasteiger partial charge in [0.05, 0.1) is 14.2 Å². The lowest BCUT2D eigenvalue weighted by molar-refractivity contribution is -0.529. The van der Waals surface area contributed by atoms with Crippen molar-refractivity contribution in [1.82, 2.24) is 5.32 Å². The first-order valence-corrected chi connectivity index (χ1v) is 6.21. The number of carbonyl (C=O) groups excluding carboxylic acids is 1. The first-order chi connectivity index (χ1) is 9.56. The molecule has 0 aromatic heterocycles. The maximum Gasteiger partial charge on any atom is 0.237 e. The Hall–Kier alpha value is -2.31. The molecule has 1 saturated heterocycles. The lowest BCUT2D eigenvalue weighted by Gasteiger charge is -2.27. The normalized spacial score (nSPS) is 22.0. The maximum absolute atomic E-state index is 11.5. The van der Waals surface area contributed by atoms with Gasteiger partial charge >= 0.3 is 0 Å². The van der Waals surface area contributed by atoms with Crippen LogP contribution in [0.25, 0.3) is 0 Å². The number of hydrogen-bond acceptors (Lipinski definition) is 5. The fourth-order valence-electron chi connectivity index (χ4n) is 2.37. The van der Waals surface area contributed by atoms with Crippen LogP contribution in [0.1, 0.15) is 24.4 Å². The van der Waals surface area contributed by atoms with Crippen molar-refractivity contribution < 1.29 is 19.2 Å². The molecular weight excluding hydrogens is 264 g/mol. The Kier molecular flexibility index (Phi) is 4.07. The van der Waals surface area contributed by atoms with E-state index < -0.39 is 12.1 Å². The van der Waals surface area contributed by atoms with Gasteiger partial charge in [-0.3, -0.25) is 14.9 Å². The molecule has 0 bridgehead atoms. The Labute approximate surface area is 116 Å². The maximum atomic E-state index is 11.5. The number of methoxy groups -OCH3 is 2. The third-order valence-electron chi connectivity index (χ3n) is 3.41. The summed E-state index contributed by atoms with van der Waals surface area (Å²) in [5, 5.41) is 13.8. The summed E-state index contributed by atoms with van der Waals surface area (Å²) in [7, 11) is 3.01. The number of nitro groups is 1. The summed E-state index contributed by atoms with van der Waals surface area (Å²) in [6, 6.07) is 3.56. The second-order valence-corrected chi connectivity index (χ2v) is 4.55. The number of carbonyl (C=O) groups is 1. The van der Waals surface area contributed by atoms with E-state index in [-0.39, 0.29) is 23.7 Å². The molecule has 1 aliphatic heterocycles. The number of rotatable bonds is 4. The first-order valence-electron chi connectivity index (χ1n) is 6.21. The molecule has 0 aliphatic carbocycles. The van der Waals surface area contributed by atoms with Crippen LogP contribution in [-0.4, -0.2) is 31.1 Å². The van der Waals surface area contributed by atoms with Gasteiger partial charge in [0.25, 0.3) is 0 Å². The molecule has 0 unspecified atom stereocenters. The predicted octanol–water partition coefficient (Wildman–Crippen LogP) is 1.30. The first kappa shape index (κ1) is 14.1. The van der Waals surface area contributed by atoms with Gasteiger partial charge in [0.15, 0.2) is 11.5 Å². The number of hydrogen-bond donors (Lipinski definition) is 1. The molecular formula is C13H16N2O5. The Bertz CT molecular complexity index is 531. The van der Waals surface area contributed by atoms with Crippen LogP contribution in [0.4, 0.5) is 0 Å². The smallest absolute Gasteiger partial charge is 0.237 e. The number of ether oxygens (including phenoxy) is 2. The number of benzene rings is 1. The largest absolute Gasteiger partial charge is 0.493 e. The van der Waals surface area contributed by atoms with E-state index in [0.717, 1.165) is 0 Å². The van der Waals surface area contributed by atoms with Crippen LogP contribution in [0.15, 0.2) is 18.2 Å². The van der Waals surface area contributed by atoms with Crippen LogP contribution >= 0.6 is 0 Å². The van der Waals surface area contributed by atoms with Gasteiger partial charge in [-0.15, -0.1) is 0 Å². The molecule has 1 amide bonds. The zero-order valence-corrected chi connectivity index (χ0v) is 11.3. The lowest BCUT2D eigenvalue weighted by Crippen LogP contribution is -2.45. The molecule has 1 fully saturated rings. The Morgan fingerprint density at radius 3 is 2.60 bits per heavy atom. The van der Waals surface area contributed by atoms with E-state index in [0.29, 0.717) is 17.1 Å².